The Hall–Kier alpha value is -1.65. The van der Waals surface area contributed by atoms with E-state index in [9.17, 15) is 4.79 Å². The van der Waals surface area contributed by atoms with E-state index in [0.29, 0.717) is 5.82 Å². The van der Waals surface area contributed by atoms with Crippen LogP contribution >= 0.6 is 0 Å². The molecule has 0 aromatic carbocycles. The fourth-order valence-corrected chi connectivity index (χ4v) is 3.06. The molecule has 1 aliphatic rings. The van der Waals surface area contributed by atoms with Crippen molar-refractivity contribution in [2.75, 3.05) is 23.3 Å². The second-order valence-corrected chi connectivity index (χ2v) is 7.14. The van der Waals surface area contributed by atoms with Crippen LogP contribution in [0, 0.1) is 17.8 Å². The number of carbonyl (C=O) groups excluding carboxylic acids is 1. The third-order valence-corrected chi connectivity index (χ3v) is 4.70. The summed E-state index contributed by atoms with van der Waals surface area (Å²) in [6.07, 6.45) is 4.60. The molecule has 1 aromatic rings. The van der Waals surface area contributed by atoms with E-state index >= 15 is 0 Å². The van der Waals surface area contributed by atoms with Crippen LogP contribution in [0.1, 0.15) is 54.8 Å². The van der Waals surface area contributed by atoms with Gasteiger partial charge < -0.3 is 10.2 Å². The number of amides is 1. The van der Waals surface area contributed by atoms with Crippen molar-refractivity contribution in [3.05, 3.63) is 12.1 Å². The van der Waals surface area contributed by atoms with Gasteiger partial charge in [-0.1, -0.05) is 27.7 Å². The predicted molar refractivity (Wildman–Crippen MR) is 96.6 cm³/mol. The molecule has 1 aromatic heterocycles. The monoisotopic (exact) mass is 320 g/mol. The lowest BCUT2D eigenvalue weighted by molar-refractivity contribution is -0.119. The number of nitrogens with zero attached hydrogens (tertiary/aromatic N) is 3. The van der Waals surface area contributed by atoms with Crippen LogP contribution in [0.2, 0.25) is 0 Å². The molecule has 5 heteroatoms. The molecule has 0 saturated carbocycles. The topological polar surface area (TPSA) is 58.1 Å². The summed E-state index contributed by atoms with van der Waals surface area (Å²) in [7, 11) is 0. The highest BCUT2D eigenvalue weighted by molar-refractivity contribution is 5.91. The molecule has 1 unspecified atom stereocenters. The summed E-state index contributed by atoms with van der Waals surface area (Å²) in [6.45, 7) is 10.6. The molecule has 2 rings (SSSR count). The number of anilines is 2. The molecule has 1 atom stereocenters. The standard InChI is InChI=1S/C18H30N4O.H2/c1-5-14(4)18(23)19-16-6-7-17(21-20-16)22-10-8-15(9-11-22)12-13(2)3;/h6-7,13-15H,5,8-12H2,1-4H3,(H,19,20,23);1H. The largest absolute Gasteiger partial charge is 0.355 e. The van der Waals surface area contributed by atoms with Crippen LogP contribution in [0.5, 0.6) is 0 Å². The molecule has 1 N–H and O–H groups in total. The van der Waals surface area contributed by atoms with Crippen molar-refractivity contribution >= 4 is 17.5 Å². The van der Waals surface area contributed by atoms with Crippen molar-refractivity contribution in [2.45, 2.75) is 53.4 Å². The average molecular weight is 320 g/mol. The van der Waals surface area contributed by atoms with Crippen LogP contribution in [0.25, 0.3) is 0 Å². The van der Waals surface area contributed by atoms with Crippen molar-refractivity contribution in [1.82, 2.24) is 10.2 Å². The second kappa shape index (κ2) is 8.27. The zero-order chi connectivity index (χ0) is 16.8. The number of piperidine rings is 1. The highest BCUT2D eigenvalue weighted by Crippen LogP contribution is 2.26. The molecule has 1 aliphatic heterocycles. The molecule has 0 radical (unpaired) electrons. The van der Waals surface area contributed by atoms with Gasteiger partial charge in [0, 0.05) is 20.4 Å². The van der Waals surface area contributed by atoms with Gasteiger partial charge in [0.15, 0.2) is 11.6 Å². The molecule has 23 heavy (non-hydrogen) atoms. The Labute approximate surface area is 141 Å². The molecular weight excluding hydrogens is 288 g/mol. The van der Waals surface area contributed by atoms with E-state index in [-0.39, 0.29) is 13.3 Å². The molecule has 0 bridgehead atoms. The minimum absolute atomic E-state index is 0. The molecule has 5 nitrogen and oxygen atoms in total. The first kappa shape index (κ1) is 17.7. The average Bonchev–Trinajstić information content (AvgIpc) is 2.55. The minimum Gasteiger partial charge on any atom is -0.355 e. The smallest absolute Gasteiger partial charge is 0.228 e. The van der Waals surface area contributed by atoms with E-state index in [1.807, 2.05) is 26.0 Å². The van der Waals surface area contributed by atoms with Crippen molar-refractivity contribution < 1.29 is 6.22 Å². The first-order valence-corrected chi connectivity index (χ1v) is 8.89. The molecule has 0 spiro atoms. The molecular formula is C18H32N4O. The van der Waals surface area contributed by atoms with E-state index in [1.165, 1.54) is 19.3 Å². The third kappa shape index (κ3) is 5.19. The summed E-state index contributed by atoms with van der Waals surface area (Å²) >= 11 is 0. The van der Waals surface area contributed by atoms with E-state index < -0.39 is 0 Å². The molecule has 1 amide bonds. The van der Waals surface area contributed by atoms with E-state index in [0.717, 1.165) is 37.2 Å². The van der Waals surface area contributed by atoms with Gasteiger partial charge in [0.1, 0.15) is 0 Å². The molecule has 1 fully saturated rings. The van der Waals surface area contributed by atoms with Gasteiger partial charge in [-0.2, -0.15) is 0 Å². The zero-order valence-corrected chi connectivity index (χ0v) is 14.9. The molecule has 2 heterocycles. The van der Waals surface area contributed by atoms with Gasteiger partial charge in [0.05, 0.1) is 0 Å². The van der Waals surface area contributed by atoms with Crippen LogP contribution in [-0.4, -0.2) is 29.2 Å². The van der Waals surface area contributed by atoms with Crippen molar-refractivity contribution in [2.24, 2.45) is 17.8 Å². The predicted octanol–water partition coefficient (Wildman–Crippen LogP) is 3.97. The Kier molecular flexibility index (Phi) is 6.37. The lowest BCUT2D eigenvalue weighted by Crippen LogP contribution is -2.34. The summed E-state index contributed by atoms with van der Waals surface area (Å²) in [5.74, 6) is 3.07. The van der Waals surface area contributed by atoms with Gasteiger partial charge in [0.25, 0.3) is 0 Å². The normalized spacial score (nSPS) is 17.3. The van der Waals surface area contributed by atoms with Crippen molar-refractivity contribution in [3.8, 4) is 0 Å². The maximum Gasteiger partial charge on any atom is 0.228 e. The summed E-state index contributed by atoms with van der Waals surface area (Å²) < 4.78 is 0. The Morgan fingerprint density at radius 3 is 2.52 bits per heavy atom. The SMILES string of the molecule is CCC(C)C(=O)Nc1ccc(N2CCC(CC(C)C)CC2)nn1.[HH]. The maximum atomic E-state index is 11.9. The maximum absolute atomic E-state index is 11.9. The lowest BCUT2D eigenvalue weighted by atomic mass is 9.89. The number of aromatic nitrogens is 2. The molecule has 130 valence electrons. The van der Waals surface area contributed by atoms with Crippen LogP contribution < -0.4 is 10.2 Å². The van der Waals surface area contributed by atoms with Gasteiger partial charge in [-0.05, 0) is 49.7 Å². The Bertz CT molecular complexity index is 498. The minimum atomic E-state index is -0.00328. The van der Waals surface area contributed by atoms with Crippen LogP contribution in [-0.2, 0) is 4.79 Å². The van der Waals surface area contributed by atoms with Gasteiger partial charge >= 0.3 is 0 Å². The fraction of sp³-hybridized carbons (Fsp3) is 0.722. The number of hydrogen-bond donors (Lipinski definition) is 1. The lowest BCUT2D eigenvalue weighted by Gasteiger charge is -2.33. The van der Waals surface area contributed by atoms with Gasteiger partial charge in [0.2, 0.25) is 5.91 Å². The highest BCUT2D eigenvalue weighted by Gasteiger charge is 2.21. The summed E-state index contributed by atoms with van der Waals surface area (Å²) in [6, 6.07) is 3.81. The van der Waals surface area contributed by atoms with Crippen molar-refractivity contribution in [1.29, 1.82) is 0 Å². The first-order chi connectivity index (χ1) is 11.0. The van der Waals surface area contributed by atoms with Crippen LogP contribution in [0.15, 0.2) is 12.1 Å². The van der Waals surface area contributed by atoms with Gasteiger partial charge in [-0.3, -0.25) is 4.79 Å². The van der Waals surface area contributed by atoms with Crippen LogP contribution in [0.4, 0.5) is 11.6 Å². The number of nitrogens with one attached hydrogen (secondary N) is 1. The van der Waals surface area contributed by atoms with Gasteiger partial charge in [-0.25, -0.2) is 0 Å². The summed E-state index contributed by atoms with van der Waals surface area (Å²) in [4.78, 5) is 14.2. The quantitative estimate of drug-likeness (QED) is 0.861. The van der Waals surface area contributed by atoms with Gasteiger partial charge in [-0.15, -0.1) is 10.2 Å². The van der Waals surface area contributed by atoms with Crippen molar-refractivity contribution in [3.63, 3.8) is 0 Å². The van der Waals surface area contributed by atoms with E-state index in [2.05, 4.69) is 34.3 Å². The van der Waals surface area contributed by atoms with E-state index in [4.69, 9.17) is 0 Å². The Morgan fingerprint density at radius 2 is 2.00 bits per heavy atom. The number of rotatable bonds is 6. The van der Waals surface area contributed by atoms with E-state index in [1.54, 1.807) is 0 Å². The Morgan fingerprint density at radius 1 is 1.30 bits per heavy atom. The molecule has 0 aliphatic carbocycles. The highest BCUT2D eigenvalue weighted by atomic mass is 16.1. The third-order valence-electron chi connectivity index (χ3n) is 4.70. The fourth-order valence-electron chi connectivity index (χ4n) is 3.06. The molecule has 1 saturated heterocycles. The first-order valence-electron chi connectivity index (χ1n) is 8.89. The Balaban J connectivity index is 0.00000288. The number of carbonyl (C=O) groups is 1. The summed E-state index contributed by atoms with van der Waals surface area (Å²) in [5, 5.41) is 11.3. The second-order valence-electron chi connectivity index (χ2n) is 7.14. The number of hydrogen-bond acceptors (Lipinski definition) is 4. The zero-order valence-electron chi connectivity index (χ0n) is 14.9. The van der Waals surface area contributed by atoms with Crippen LogP contribution in [0.3, 0.4) is 0 Å². The summed E-state index contributed by atoms with van der Waals surface area (Å²) in [5.41, 5.74) is 0.